The minimum absolute atomic E-state index is 0.233. The Balaban J connectivity index is 2.56. The van der Waals surface area contributed by atoms with Gasteiger partial charge in [-0.3, -0.25) is 0 Å². The van der Waals surface area contributed by atoms with Crippen molar-refractivity contribution in [3.8, 4) is 0 Å². The molecule has 0 fully saturated rings. The van der Waals surface area contributed by atoms with E-state index in [9.17, 15) is 0 Å². The average molecular weight is 192 g/mol. The van der Waals surface area contributed by atoms with Crippen molar-refractivity contribution < 1.29 is 5.11 Å². The van der Waals surface area contributed by atoms with Crippen LogP contribution in [0.4, 0.5) is 0 Å². The van der Waals surface area contributed by atoms with Crippen molar-refractivity contribution in [3.05, 3.63) is 35.9 Å². The SMILES string of the molecule is CC(C)(CCCCO)c1ccccc1. The van der Waals surface area contributed by atoms with Gasteiger partial charge in [-0.2, -0.15) is 0 Å². The summed E-state index contributed by atoms with van der Waals surface area (Å²) in [6.07, 6.45) is 3.15. The summed E-state index contributed by atoms with van der Waals surface area (Å²) in [5, 5.41) is 8.73. The summed E-state index contributed by atoms with van der Waals surface area (Å²) in [6.45, 7) is 4.84. The second kappa shape index (κ2) is 5.16. The van der Waals surface area contributed by atoms with Gasteiger partial charge in [0.05, 0.1) is 0 Å². The Morgan fingerprint density at radius 1 is 1.07 bits per heavy atom. The molecular weight excluding hydrogens is 172 g/mol. The first-order valence-corrected chi connectivity index (χ1v) is 5.33. The van der Waals surface area contributed by atoms with Crippen molar-refractivity contribution in [2.75, 3.05) is 6.61 Å². The summed E-state index contributed by atoms with van der Waals surface area (Å²) in [4.78, 5) is 0. The zero-order valence-electron chi connectivity index (χ0n) is 9.16. The van der Waals surface area contributed by atoms with Crippen LogP contribution < -0.4 is 0 Å². The van der Waals surface area contributed by atoms with Gasteiger partial charge in [0, 0.05) is 6.61 Å². The molecule has 0 aromatic heterocycles. The first kappa shape index (κ1) is 11.3. The number of benzene rings is 1. The molecule has 1 N–H and O–H groups in total. The van der Waals surface area contributed by atoms with Gasteiger partial charge in [0.15, 0.2) is 0 Å². The first-order chi connectivity index (χ1) is 6.67. The standard InChI is InChI=1S/C13H20O/c1-13(2,10-6-7-11-14)12-8-4-3-5-9-12/h3-5,8-9,14H,6-7,10-11H2,1-2H3. The molecular formula is C13H20O. The molecule has 1 nitrogen and oxygen atoms in total. The summed E-state index contributed by atoms with van der Waals surface area (Å²) >= 11 is 0. The van der Waals surface area contributed by atoms with Crippen molar-refractivity contribution in [2.45, 2.75) is 38.5 Å². The van der Waals surface area contributed by atoms with Gasteiger partial charge in [-0.05, 0) is 23.8 Å². The van der Waals surface area contributed by atoms with E-state index in [4.69, 9.17) is 5.11 Å². The first-order valence-electron chi connectivity index (χ1n) is 5.33. The molecule has 0 atom stereocenters. The van der Waals surface area contributed by atoms with Crippen molar-refractivity contribution in [3.63, 3.8) is 0 Å². The summed E-state index contributed by atoms with van der Waals surface area (Å²) in [6, 6.07) is 10.6. The highest BCUT2D eigenvalue weighted by Gasteiger charge is 2.18. The second-order valence-electron chi connectivity index (χ2n) is 4.43. The molecule has 0 unspecified atom stereocenters. The fraction of sp³-hybridized carbons (Fsp3) is 0.538. The van der Waals surface area contributed by atoms with Gasteiger partial charge in [-0.15, -0.1) is 0 Å². The van der Waals surface area contributed by atoms with E-state index in [-0.39, 0.29) is 5.41 Å². The van der Waals surface area contributed by atoms with Gasteiger partial charge >= 0.3 is 0 Å². The largest absolute Gasteiger partial charge is 0.396 e. The molecule has 78 valence electrons. The third-order valence-corrected chi connectivity index (χ3v) is 2.77. The molecule has 0 aliphatic carbocycles. The summed E-state index contributed by atoms with van der Waals surface area (Å²) in [7, 11) is 0. The maximum atomic E-state index is 8.73. The lowest BCUT2D eigenvalue weighted by Crippen LogP contribution is -2.16. The lowest BCUT2D eigenvalue weighted by atomic mass is 9.80. The van der Waals surface area contributed by atoms with E-state index in [0.29, 0.717) is 6.61 Å². The number of hydrogen-bond donors (Lipinski definition) is 1. The summed E-state index contributed by atoms with van der Waals surface area (Å²) < 4.78 is 0. The molecule has 0 bridgehead atoms. The van der Waals surface area contributed by atoms with Crippen molar-refractivity contribution in [1.29, 1.82) is 0 Å². The Morgan fingerprint density at radius 3 is 2.29 bits per heavy atom. The van der Waals surface area contributed by atoms with Crippen LogP contribution in [0.25, 0.3) is 0 Å². The zero-order chi connectivity index (χ0) is 10.4. The average Bonchev–Trinajstić information content (AvgIpc) is 2.19. The van der Waals surface area contributed by atoms with E-state index in [1.165, 1.54) is 5.56 Å². The van der Waals surface area contributed by atoms with Crippen LogP contribution in [0.2, 0.25) is 0 Å². The lowest BCUT2D eigenvalue weighted by molar-refractivity contribution is 0.276. The molecule has 1 aromatic rings. The van der Waals surface area contributed by atoms with Crippen molar-refractivity contribution >= 4 is 0 Å². The van der Waals surface area contributed by atoms with E-state index < -0.39 is 0 Å². The van der Waals surface area contributed by atoms with Gasteiger partial charge in [-0.1, -0.05) is 50.6 Å². The van der Waals surface area contributed by atoms with Crippen LogP contribution >= 0.6 is 0 Å². The van der Waals surface area contributed by atoms with Crippen LogP contribution in [0, 0.1) is 0 Å². The number of aliphatic hydroxyl groups is 1. The molecule has 14 heavy (non-hydrogen) atoms. The van der Waals surface area contributed by atoms with Crippen molar-refractivity contribution in [1.82, 2.24) is 0 Å². The number of aliphatic hydroxyl groups excluding tert-OH is 1. The normalized spacial score (nSPS) is 11.6. The van der Waals surface area contributed by atoms with Crippen molar-refractivity contribution in [2.24, 2.45) is 0 Å². The maximum absolute atomic E-state index is 8.73. The number of rotatable bonds is 5. The third kappa shape index (κ3) is 3.15. The second-order valence-corrected chi connectivity index (χ2v) is 4.43. The van der Waals surface area contributed by atoms with Gasteiger partial charge in [0.2, 0.25) is 0 Å². The molecule has 0 aliphatic heterocycles. The fourth-order valence-corrected chi connectivity index (χ4v) is 1.71. The molecule has 0 aliphatic rings. The number of unbranched alkanes of at least 4 members (excludes halogenated alkanes) is 1. The van der Waals surface area contributed by atoms with E-state index in [0.717, 1.165) is 19.3 Å². The molecule has 1 aromatic carbocycles. The Labute approximate surface area is 86.8 Å². The maximum Gasteiger partial charge on any atom is 0.0431 e. The van der Waals surface area contributed by atoms with Crippen LogP contribution in [-0.4, -0.2) is 11.7 Å². The smallest absolute Gasteiger partial charge is 0.0431 e. The summed E-state index contributed by atoms with van der Waals surface area (Å²) in [5.74, 6) is 0. The van der Waals surface area contributed by atoms with Crippen LogP contribution in [0.5, 0.6) is 0 Å². The topological polar surface area (TPSA) is 20.2 Å². The predicted molar refractivity (Wildman–Crippen MR) is 60.4 cm³/mol. The minimum atomic E-state index is 0.233. The number of hydrogen-bond acceptors (Lipinski definition) is 1. The zero-order valence-corrected chi connectivity index (χ0v) is 9.16. The molecule has 0 amide bonds. The highest BCUT2D eigenvalue weighted by Crippen LogP contribution is 2.28. The highest BCUT2D eigenvalue weighted by molar-refractivity contribution is 5.23. The Morgan fingerprint density at radius 2 is 1.71 bits per heavy atom. The molecule has 0 radical (unpaired) electrons. The monoisotopic (exact) mass is 192 g/mol. The molecule has 0 saturated carbocycles. The van der Waals surface area contributed by atoms with Crippen LogP contribution in [0.3, 0.4) is 0 Å². The lowest BCUT2D eigenvalue weighted by Gasteiger charge is -2.25. The molecule has 1 heteroatoms. The molecule has 0 saturated heterocycles. The highest BCUT2D eigenvalue weighted by atomic mass is 16.2. The van der Waals surface area contributed by atoms with Gasteiger partial charge in [-0.25, -0.2) is 0 Å². The van der Waals surface area contributed by atoms with E-state index in [1.807, 2.05) is 6.07 Å². The summed E-state index contributed by atoms with van der Waals surface area (Å²) in [5.41, 5.74) is 1.62. The minimum Gasteiger partial charge on any atom is -0.396 e. The van der Waals surface area contributed by atoms with Gasteiger partial charge in [0.25, 0.3) is 0 Å². The Bertz CT molecular complexity index is 251. The van der Waals surface area contributed by atoms with Gasteiger partial charge in [0.1, 0.15) is 0 Å². The molecule has 0 heterocycles. The molecule has 0 spiro atoms. The predicted octanol–water partition coefficient (Wildman–Crippen LogP) is 3.13. The van der Waals surface area contributed by atoms with Crippen LogP contribution in [0.1, 0.15) is 38.7 Å². The van der Waals surface area contributed by atoms with Crippen LogP contribution in [0.15, 0.2) is 30.3 Å². The van der Waals surface area contributed by atoms with E-state index in [1.54, 1.807) is 0 Å². The van der Waals surface area contributed by atoms with Crippen LogP contribution in [-0.2, 0) is 5.41 Å². The fourth-order valence-electron chi connectivity index (χ4n) is 1.71. The quantitative estimate of drug-likeness (QED) is 0.711. The van der Waals surface area contributed by atoms with E-state index >= 15 is 0 Å². The van der Waals surface area contributed by atoms with E-state index in [2.05, 4.69) is 38.1 Å². The van der Waals surface area contributed by atoms with Gasteiger partial charge < -0.3 is 5.11 Å². The molecule has 1 rings (SSSR count). The Hall–Kier alpha value is -0.820. The third-order valence-electron chi connectivity index (χ3n) is 2.77. The Kier molecular flexibility index (Phi) is 4.15.